The molecule has 3 aromatic heterocycles. The van der Waals surface area contributed by atoms with Gasteiger partial charge in [-0.2, -0.15) is 0 Å². The van der Waals surface area contributed by atoms with Crippen LogP contribution < -0.4 is 0 Å². The third kappa shape index (κ3) is 9.58. The zero-order valence-electron chi connectivity index (χ0n) is 42.6. The molecule has 0 spiro atoms. The molecule has 6 heteroatoms. The van der Waals surface area contributed by atoms with Gasteiger partial charge in [0.05, 0.1) is 5.58 Å². The van der Waals surface area contributed by atoms with E-state index in [-0.39, 0.29) is 42.3 Å². The first-order valence-corrected chi connectivity index (χ1v) is 22.4. The van der Waals surface area contributed by atoms with Crippen LogP contribution in [0.3, 0.4) is 0 Å². The van der Waals surface area contributed by atoms with Gasteiger partial charge in [0.15, 0.2) is 0 Å². The van der Waals surface area contributed by atoms with E-state index in [1.165, 1.54) is 45.5 Å². The number of nitrogens with zero attached hydrogens (tertiary/aromatic N) is 3. The average Bonchev–Trinajstić information content (AvgIpc) is 3.65. The number of halogens is 1. The molecule has 0 N–H and O–H groups in total. The molecule has 1 radical (unpaired) electrons. The van der Waals surface area contributed by atoms with Crippen molar-refractivity contribution in [3.8, 4) is 33.6 Å². The summed E-state index contributed by atoms with van der Waals surface area (Å²) in [6.07, 6.45) is 3.34. The molecule has 335 valence electrons. The molecule has 0 aliphatic rings. The topological polar surface area (TPSA) is 51.8 Å². The van der Waals surface area contributed by atoms with Gasteiger partial charge in [-0.3, -0.25) is 9.37 Å². The molecule has 0 fully saturated rings. The van der Waals surface area contributed by atoms with E-state index in [4.69, 9.17) is 8.53 Å². The number of benzene rings is 6. The summed E-state index contributed by atoms with van der Waals surface area (Å²) < 4.78 is 44.7. The number of rotatable bonds is 6. The Kier molecular flexibility index (Phi) is 12.3. The maximum absolute atomic E-state index is 12.8. The monoisotopic (exact) mass is 1040 g/mol. The summed E-state index contributed by atoms with van der Waals surface area (Å²) in [6.45, 7) is 24.1. The Bertz CT molecular complexity index is 3270. The van der Waals surface area contributed by atoms with E-state index in [0.29, 0.717) is 45.6 Å². The van der Waals surface area contributed by atoms with E-state index in [1.54, 1.807) is 24.7 Å². The van der Waals surface area contributed by atoms with Gasteiger partial charge in [0.25, 0.3) is 0 Å². The number of pyridine rings is 1. The van der Waals surface area contributed by atoms with Crippen molar-refractivity contribution in [3.63, 3.8) is 0 Å². The van der Waals surface area contributed by atoms with Gasteiger partial charge in [0, 0.05) is 52.7 Å². The number of furan rings is 1. The van der Waals surface area contributed by atoms with Crippen LogP contribution in [0.15, 0.2) is 114 Å². The van der Waals surface area contributed by atoms with Crippen LogP contribution in [0.4, 0.5) is 4.39 Å². The summed E-state index contributed by atoms with van der Waals surface area (Å²) in [7, 11) is 0. The number of fused-ring (bicyclic) bond motifs is 6. The number of hydrogen-bond donors (Lipinski definition) is 0. The van der Waals surface area contributed by atoms with E-state index in [2.05, 4.69) is 165 Å². The first-order valence-electron chi connectivity index (χ1n) is 23.9. The number of hydrogen-bond acceptors (Lipinski definition) is 4. The van der Waals surface area contributed by atoms with Gasteiger partial charge in [0.1, 0.15) is 11.9 Å². The van der Waals surface area contributed by atoms with Crippen molar-refractivity contribution < 1.29 is 33.0 Å². The minimum absolute atomic E-state index is 0. The van der Waals surface area contributed by atoms with E-state index in [9.17, 15) is 4.39 Å². The molecule has 0 bridgehead atoms. The molecule has 0 aliphatic carbocycles. The second kappa shape index (κ2) is 18.4. The molecule has 9 aromatic rings. The molecule has 0 aliphatic heterocycles. The van der Waals surface area contributed by atoms with Gasteiger partial charge in [-0.25, -0.2) is 4.98 Å². The van der Waals surface area contributed by atoms with Gasteiger partial charge in [-0.1, -0.05) is 149 Å². The summed E-state index contributed by atoms with van der Waals surface area (Å²) in [4.78, 5) is 13.4. The fourth-order valence-corrected chi connectivity index (χ4v) is 8.52. The van der Waals surface area contributed by atoms with Crippen molar-refractivity contribution >= 4 is 43.5 Å². The number of aromatic nitrogens is 3. The van der Waals surface area contributed by atoms with Crippen molar-refractivity contribution in [1.29, 1.82) is 0 Å². The van der Waals surface area contributed by atoms with Gasteiger partial charge in [0.2, 0.25) is 0 Å². The van der Waals surface area contributed by atoms with Crippen LogP contribution in [-0.2, 0) is 30.9 Å². The predicted octanol–water partition coefficient (Wildman–Crippen LogP) is 16.8. The largest absolute Gasteiger partial charge is 0.501 e. The van der Waals surface area contributed by atoms with Gasteiger partial charge in [-0.15, -0.1) is 47.5 Å². The fourth-order valence-electron chi connectivity index (χ4n) is 8.52. The Morgan fingerprint density at radius 1 is 0.646 bits per heavy atom. The SMILES string of the molecule is CC(C)(C)c1ccnc(-c2[c-]cc(F)cc2)c1.[2H]C([2H])([2H])c1c[c-]c(-c2cc(C(C)(C)C)ncn2)c2oc3cc4c(ccc5ccc(-c6c(C(C)C)cc(C(C)C)cc6C(C)C)cc54)cc3c12.[Ir]. The molecule has 0 unspecified atom stereocenters. The standard InChI is InChI=1S/C44H45N2O.C15H15FN.Ir/c1-24(2)31-19-33(25(3)4)42(34(20-31)26(5)6)30-15-13-28-12-14-29-17-37-39(21-36(29)35(28)18-30)47-43-32(16-11-27(7)41(37)43)38-22-40(44(8,9)10)46-23-45-38;1-15(2,3)12-8-9-17-14(10-12)11-4-6-13(16)7-5-11;/h11-15,17-26H,1-10H3;4,6-10H,1-3H3;/q2*-1;/i7D3;;. The van der Waals surface area contributed by atoms with Crippen LogP contribution in [-0.4, -0.2) is 15.0 Å². The van der Waals surface area contributed by atoms with Gasteiger partial charge >= 0.3 is 0 Å². The van der Waals surface area contributed by atoms with Gasteiger partial charge in [-0.05, 0) is 114 Å². The predicted molar refractivity (Wildman–Crippen MR) is 267 cm³/mol. The van der Waals surface area contributed by atoms with E-state index in [1.807, 2.05) is 18.2 Å². The molecule has 0 saturated heterocycles. The summed E-state index contributed by atoms with van der Waals surface area (Å²) in [5, 5.41) is 5.70. The maximum atomic E-state index is 12.8. The van der Waals surface area contributed by atoms with E-state index >= 15 is 0 Å². The molecular weight excluding hydrogens is 978 g/mol. The van der Waals surface area contributed by atoms with Crippen LogP contribution in [0.5, 0.6) is 0 Å². The Balaban J connectivity index is 0.000000320. The summed E-state index contributed by atoms with van der Waals surface area (Å²) in [5.41, 5.74) is 12.9. The molecule has 0 atom stereocenters. The van der Waals surface area contributed by atoms with Crippen molar-refractivity contribution in [3.05, 3.63) is 161 Å². The first kappa shape index (κ1) is 43.3. The Morgan fingerprint density at radius 3 is 1.97 bits per heavy atom. The third-order valence-electron chi connectivity index (χ3n) is 12.3. The summed E-state index contributed by atoms with van der Waals surface area (Å²) >= 11 is 0. The maximum Gasteiger partial charge on any atom is 0.121 e. The number of aryl methyl sites for hydroxylation is 1. The van der Waals surface area contributed by atoms with E-state index < -0.39 is 6.85 Å². The Morgan fingerprint density at radius 2 is 1.34 bits per heavy atom. The summed E-state index contributed by atoms with van der Waals surface area (Å²) in [6, 6.07) is 38.2. The molecular formula is C59H60FIrN3O-2. The van der Waals surface area contributed by atoms with Crippen molar-refractivity contribution in [2.24, 2.45) is 0 Å². The molecule has 65 heavy (non-hydrogen) atoms. The van der Waals surface area contributed by atoms with Crippen LogP contribution in [0.2, 0.25) is 0 Å². The average molecular weight is 1040 g/mol. The smallest absolute Gasteiger partial charge is 0.121 e. The van der Waals surface area contributed by atoms with Crippen LogP contribution in [0.1, 0.15) is 138 Å². The Labute approximate surface area is 402 Å². The minimum atomic E-state index is -2.35. The molecule has 3 heterocycles. The molecule has 6 aromatic carbocycles. The third-order valence-corrected chi connectivity index (χ3v) is 12.3. The van der Waals surface area contributed by atoms with E-state index in [0.717, 1.165) is 43.9 Å². The van der Waals surface area contributed by atoms with Gasteiger partial charge < -0.3 is 9.40 Å². The minimum Gasteiger partial charge on any atom is -0.501 e. The molecule has 0 saturated carbocycles. The van der Waals surface area contributed by atoms with Crippen molar-refractivity contribution in [2.45, 2.75) is 119 Å². The Hall–Kier alpha value is -5.55. The second-order valence-corrected chi connectivity index (χ2v) is 20.1. The quantitative estimate of drug-likeness (QED) is 0.123. The van der Waals surface area contributed by atoms with Crippen LogP contribution >= 0.6 is 0 Å². The fraction of sp³-hybridized carbons (Fsp3) is 0.305. The zero-order valence-corrected chi connectivity index (χ0v) is 42.0. The van der Waals surface area contributed by atoms with Crippen molar-refractivity contribution in [2.75, 3.05) is 0 Å². The molecule has 4 nitrogen and oxygen atoms in total. The first-order chi connectivity index (χ1) is 31.5. The summed E-state index contributed by atoms with van der Waals surface area (Å²) in [5.74, 6) is 0.908. The second-order valence-electron chi connectivity index (χ2n) is 20.1. The van der Waals surface area contributed by atoms with Crippen molar-refractivity contribution in [1.82, 2.24) is 15.0 Å². The molecule has 9 rings (SSSR count). The van der Waals surface area contributed by atoms with Crippen LogP contribution in [0.25, 0.3) is 77.1 Å². The zero-order chi connectivity index (χ0) is 48.3. The van der Waals surface area contributed by atoms with Crippen LogP contribution in [0, 0.1) is 24.8 Å². The normalized spacial score (nSPS) is 13.0. The molecule has 0 amide bonds.